The number of benzene rings is 1. The van der Waals surface area contributed by atoms with Crippen LogP contribution in [0.5, 0.6) is 0 Å². The zero-order valence-electron chi connectivity index (χ0n) is 11.3. The van der Waals surface area contributed by atoms with Crippen molar-refractivity contribution >= 4 is 11.7 Å². The van der Waals surface area contributed by atoms with Crippen LogP contribution < -0.4 is 10.2 Å². The minimum atomic E-state index is -1.46. The van der Waals surface area contributed by atoms with Crippen LogP contribution in [0, 0.1) is 11.6 Å². The van der Waals surface area contributed by atoms with E-state index in [1.54, 1.807) is 0 Å². The van der Waals surface area contributed by atoms with Crippen LogP contribution in [0.4, 0.5) is 14.5 Å². The molecule has 2 N–H and O–H groups in total. The van der Waals surface area contributed by atoms with Crippen molar-refractivity contribution in [1.29, 1.82) is 0 Å². The fourth-order valence-corrected chi connectivity index (χ4v) is 2.69. The van der Waals surface area contributed by atoms with Gasteiger partial charge in [0.05, 0.1) is 11.3 Å². The van der Waals surface area contributed by atoms with Gasteiger partial charge in [0.25, 0.3) is 0 Å². The lowest BCUT2D eigenvalue weighted by molar-refractivity contribution is 0.0690. The number of carboxylic acids is 1. The number of aromatic carboxylic acids is 1. The molecule has 110 valence electrons. The third kappa shape index (κ3) is 2.75. The first-order chi connectivity index (χ1) is 9.56. The number of piperidine rings is 1. The van der Waals surface area contributed by atoms with Crippen molar-refractivity contribution in [3.8, 4) is 0 Å². The summed E-state index contributed by atoms with van der Waals surface area (Å²) in [5.41, 5.74) is -0.485. The van der Waals surface area contributed by atoms with Gasteiger partial charge < -0.3 is 15.3 Å². The van der Waals surface area contributed by atoms with Gasteiger partial charge in [0.2, 0.25) is 0 Å². The standard InChI is InChI=1S/C14H18F2N2O2/c1-17-8-9-4-2-3-7-18(9)11-6-5-10(14(19)20)12(15)13(11)16/h5-6,9,17H,2-4,7-8H2,1H3,(H,19,20). The van der Waals surface area contributed by atoms with Crippen LogP contribution in [0.1, 0.15) is 29.6 Å². The molecule has 1 unspecified atom stereocenters. The van der Waals surface area contributed by atoms with Crippen LogP contribution in [0.15, 0.2) is 12.1 Å². The first-order valence-corrected chi connectivity index (χ1v) is 6.68. The average molecular weight is 284 g/mol. The summed E-state index contributed by atoms with van der Waals surface area (Å²) in [4.78, 5) is 12.6. The van der Waals surface area contributed by atoms with Gasteiger partial charge in [-0.1, -0.05) is 0 Å². The normalized spacial score (nSPS) is 19.1. The molecule has 0 aliphatic carbocycles. The molecule has 1 aromatic carbocycles. The van der Waals surface area contributed by atoms with E-state index in [-0.39, 0.29) is 11.7 Å². The average Bonchev–Trinajstić information content (AvgIpc) is 2.43. The number of rotatable bonds is 4. The topological polar surface area (TPSA) is 52.6 Å². The molecular weight excluding hydrogens is 266 g/mol. The summed E-state index contributed by atoms with van der Waals surface area (Å²) in [7, 11) is 1.82. The monoisotopic (exact) mass is 284 g/mol. The van der Waals surface area contributed by atoms with E-state index < -0.39 is 23.2 Å². The third-order valence-electron chi connectivity index (χ3n) is 3.67. The molecule has 1 heterocycles. The quantitative estimate of drug-likeness (QED) is 0.890. The summed E-state index contributed by atoms with van der Waals surface area (Å²) in [6, 6.07) is 2.58. The molecule has 2 rings (SSSR count). The molecule has 0 aromatic heterocycles. The summed E-state index contributed by atoms with van der Waals surface area (Å²) in [5, 5.41) is 11.8. The van der Waals surface area contributed by atoms with Crippen molar-refractivity contribution in [3.05, 3.63) is 29.3 Å². The number of carboxylic acid groups (broad SMARTS) is 1. The molecule has 4 nitrogen and oxygen atoms in total. The van der Waals surface area contributed by atoms with Gasteiger partial charge in [-0.3, -0.25) is 0 Å². The number of nitrogens with zero attached hydrogens (tertiary/aromatic N) is 1. The van der Waals surface area contributed by atoms with E-state index in [1.807, 2.05) is 11.9 Å². The molecular formula is C14H18F2N2O2. The summed E-state index contributed by atoms with van der Waals surface area (Å²) in [6.07, 6.45) is 2.88. The second-order valence-corrected chi connectivity index (χ2v) is 4.97. The fraction of sp³-hybridized carbons (Fsp3) is 0.500. The lowest BCUT2D eigenvalue weighted by atomic mass is 10.0. The highest BCUT2D eigenvalue weighted by Gasteiger charge is 2.27. The van der Waals surface area contributed by atoms with E-state index in [1.165, 1.54) is 6.07 Å². The lowest BCUT2D eigenvalue weighted by Crippen LogP contribution is -2.45. The van der Waals surface area contributed by atoms with Gasteiger partial charge in [0, 0.05) is 19.1 Å². The Kier molecular flexibility index (Phi) is 4.54. The molecule has 0 saturated carbocycles. The number of carbonyl (C=O) groups is 1. The van der Waals surface area contributed by atoms with Crippen molar-refractivity contribution < 1.29 is 18.7 Å². The van der Waals surface area contributed by atoms with Gasteiger partial charge in [0.1, 0.15) is 0 Å². The molecule has 0 bridgehead atoms. The Morgan fingerprint density at radius 3 is 2.80 bits per heavy atom. The molecule has 0 amide bonds. The van der Waals surface area contributed by atoms with Crippen LogP contribution in [-0.2, 0) is 0 Å². The minimum Gasteiger partial charge on any atom is -0.478 e. The Hall–Kier alpha value is -1.69. The highest BCUT2D eigenvalue weighted by Crippen LogP contribution is 2.29. The zero-order valence-corrected chi connectivity index (χ0v) is 11.3. The molecule has 1 fully saturated rings. The van der Waals surface area contributed by atoms with Crippen molar-refractivity contribution in [2.24, 2.45) is 0 Å². The van der Waals surface area contributed by atoms with Gasteiger partial charge in [-0.05, 0) is 38.4 Å². The smallest absolute Gasteiger partial charge is 0.338 e. The molecule has 0 radical (unpaired) electrons. The Morgan fingerprint density at radius 2 is 2.15 bits per heavy atom. The fourth-order valence-electron chi connectivity index (χ4n) is 2.69. The zero-order chi connectivity index (χ0) is 14.7. The summed E-state index contributed by atoms with van der Waals surface area (Å²) in [6.45, 7) is 1.33. The van der Waals surface area contributed by atoms with Gasteiger partial charge >= 0.3 is 5.97 Å². The van der Waals surface area contributed by atoms with Crippen molar-refractivity contribution in [1.82, 2.24) is 5.32 Å². The van der Waals surface area contributed by atoms with Gasteiger partial charge in [-0.25, -0.2) is 13.6 Å². The summed E-state index contributed by atoms with van der Waals surface area (Å²) in [5.74, 6) is -3.82. The van der Waals surface area contributed by atoms with Crippen molar-refractivity contribution in [2.75, 3.05) is 25.0 Å². The number of likely N-dealkylation sites (N-methyl/N-ethyl adjacent to an activating group) is 1. The molecule has 1 saturated heterocycles. The van der Waals surface area contributed by atoms with Crippen molar-refractivity contribution in [2.45, 2.75) is 25.3 Å². The maximum absolute atomic E-state index is 14.1. The minimum absolute atomic E-state index is 0.0957. The van der Waals surface area contributed by atoms with E-state index >= 15 is 0 Å². The number of halogens is 2. The molecule has 1 atom stereocenters. The molecule has 1 aromatic rings. The third-order valence-corrected chi connectivity index (χ3v) is 3.67. The maximum Gasteiger partial charge on any atom is 0.338 e. The SMILES string of the molecule is CNCC1CCCCN1c1ccc(C(=O)O)c(F)c1F. The second-order valence-electron chi connectivity index (χ2n) is 4.97. The molecule has 1 aliphatic heterocycles. The maximum atomic E-state index is 14.1. The van der Waals surface area contributed by atoms with E-state index in [0.717, 1.165) is 25.3 Å². The summed E-state index contributed by atoms with van der Waals surface area (Å²) < 4.78 is 27.9. The first-order valence-electron chi connectivity index (χ1n) is 6.68. The largest absolute Gasteiger partial charge is 0.478 e. The Morgan fingerprint density at radius 1 is 1.40 bits per heavy atom. The van der Waals surface area contributed by atoms with Crippen LogP contribution in [0.25, 0.3) is 0 Å². The van der Waals surface area contributed by atoms with E-state index in [4.69, 9.17) is 5.11 Å². The van der Waals surface area contributed by atoms with Crippen molar-refractivity contribution in [3.63, 3.8) is 0 Å². The highest BCUT2D eigenvalue weighted by atomic mass is 19.2. The van der Waals surface area contributed by atoms with E-state index in [0.29, 0.717) is 13.1 Å². The molecule has 0 spiro atoms. The van der Waals surface area contributed by atoms with Crippen LogP contribution in [-0.4, -0.2) is 37.3 Å². The van der Waals surface area contributed by atoms with Crippen LogP contribution in [0.3, 0.4) is 0 Å². The second kappa shape index (κ2) is 6.17. The predicted octanol–water partition coefficient (Wildman–Crippen LogP) is 2.24. The number of nitrogens with one attached hydrogen (secondary N) is 1. The van der Waals surface area contributed by atoms with E-state index in [9.17, 15) is 13.6 Å². The van der Waals surface area contributed by atoms with Gasteiger partial charge in [0.15, 0.2) is 11.6 Å². The van der Waals surface area contributed by atoms with Crippen LogP contribution in [0.2, 0.25) is 0 Å². The Bertz CT molecular complexity index is 506. The highest BCUT2D eigenvalue weighted by molar-refractivity contribution is 5.88. The summed E-state index contributed by atoms with van der Waals surface area (Å²) >= 11 is 0. The molecule has 20 heavy (non-hydrogen) atoms. The first kappa shape index (κ1) is 14.7. The number of anilines is 1. The predicted molar refractivity (Wildman–Crippen MR) is 72.2 cm³/mol. The molecule has 6 heteroatoms. The van der Waals surface area contributed by atoms with Gasteiger partial charge in [-0.2, -0.15) is 0 Å². The van der Waals surface area contributed by atoms with E-state index in [2.05, 4.69) is 5.32 Å². The number of hydrogen-bond acceptors (Lipinski definition) is 3. The Labute approximate surface area is 116 Å². The van der Waals surface area contributed by atoms with Gasteiger partial charge in [-0.15, -0.1) is 0 Å². The Balaban J connectivity index is 2.36. The van der Waals surface area contributed by atoms with Crippen LogP contribution >= 0.6 is 0 Å². The molecule has 1 aliphatic rings. The lowest BCUT2D eigenvalue weighted by Gasteiger charge is -2.37. The number of hydrogen-bond donors (Lipinski definition) is 2.